The van der Waals surface area contributed by atoms with Crippen LogP contribution in [0.4, 0.5) is 0 Å². The molecule has 0 radical (unpaired) electrons. The van der Waals surface area contributed by atoms with Crippen molar-refractivity contribution in [3.63, 3.8) is 0 Å². The third-order valence-electron chi connectivity index (χ3n) is 6.36. The van der Waals surface area contributed by atoms with E-state index in [1.807, 2.05) is 23.1 Å². The molecule has 1 aromatic heterocycles. The molecule has 154 valence electrons. The van der Waals surface area contributed by atoms with E-state index < -0.39 is 16.1 Å². The number of unbranched alkanes of at least 4 members (excludes halogenated alkanes) is 1. The lowest BCUT2D eigenvalue weighted by atomic mass is 10.2. The Morgan fingerprint density at radius 2 is 1.56 bits per heavy atom. The highest BCUT2D eigenvalue weighted by atomic mass is 79.9. The Bertz CT molecular complexity index is 708. The molecule has 0 N–H and O–H groups in total. The van der Waals surface area contributed by atoms with Crippen LogP contribution in [-0.4, -0.2) is 21.9 Å². The van der Waals surface area contributed by atoms with Gasteiger partial charge in [0.05, 0.1) is 4.88 Å². The first-order chi connectivity index (χ1) is 12.1. The molecule has 5 heteroatoms. The van der Waals surface area contributed by atoms with E-state index in [0.717, 1.165) is 0 Å². The lowest BCUT2D eigenvalue weighted by Crippen LogP contribution is -2.48. The fourth-order valence-electron chi connectivity index (χ4n) is 2.07. The molecule has 0 bridgehead atoms. The van der Waals surface area contributed by atoms with Crippen LogP contribution in [0.3, 0.4) is 0 Å². The first kappa shape index (κ1) is 25.6. The molecule has 1 heterocycles. The zero-order valence-electron chi connectivity index (χ0n) is 19.3. The van der Waals surface area contributed by atoms with Crippen LogP contribution in [0.25, 0.3) is 0 Å². The van der Waals surface area contributed by atoms with Gasteiger partial charge >= 0.3 is 0 Å². The Kier molecular flexibility index (Phi) is 8.64. The van der Waals surface area contributed by atoms with Crippen LogP contribution in [0, 0.1) is 11.5 Å². The van der Waals surface area contributed by atoms with Crippen molar-refractivity contribution < 1.29 is 0 Å². The number of thiophene rings is 1. The molecule has 0 fully saturated rings. The van der Waals surface area contributed by atoms with E-state index in [0.29, 0.717) is 10.1 Å². The number of rotatable bonds is 5. The van der Waals surface area contributed by atoms with E-state index in [9.17, 15) is 0 Å². The van der Waals surface area contributed by atoms with Crippen LogP contribution in [0.5, 0.6) is 0 Å². The standard InChI is InChI=1S/C22H39BrS2Si2/c1-12-13-15-24-19-17(14-16-26(8,9)21(2,3)4)25-20(18(19)23)27(10,11)22(5,6)7/h12-13,15H2,1-11H3. The van der Waals surface area contributed by atoms with Gasteiger partial charge in [-0.3, -0.25) is 0 Å². The Hall–Kier alpha value is 0.524. The van der Waals surface area contributed by atoms with E-state index in [1.54, 1.807) is 4.50 Å². The molecule has 1 aromatic rings. The van der Waals surface area contributed by atoms with Crippen molar-refractivity contribution in [2.75, 3.05) is 5.75 Å². The second-order valence-corrected chi connectivity index (χ2v) is 24.1. The molecule has 0 unspecified atom stereocenters. The molecule has 0 atom stereocenters. The third kappa shape index (κ3) is 6.01. The van der Waals surface area contributed by atoms with Crippen molar-refractivity contribution in [2.24, 2.45) is 0 Å². The predicted octanol–water partition coefficient (Wildman–Crippen LogP) is 8.52. The van der Waals surface area contributed by atoms with Crippen LogP contribution in [0.15, 0.2) is 9.37 Å². The average Bonchev–Trinajstić information content (AvgIpc) is 2.80. The van der Waals surface area contributed by atoms with Crippen LogP contribution in [0.2, 0.25) is 36.3 Å². The minimum absolute atomic E-state index is 0.298. The summed E-state index contributed by atoms with van der Waals surface area (Å²) in [6, 6.07) is 0. The molecule has 0 amide bonds. The smallest absolute Gasteiger partial charge is 0.134 e. The summed E-state index contributed by atoms with van der Waals surface area (Å²) in [4.78, 5) is 2.70. The molecule has 0 nitrogen and oxygen atoms in total. The maximum Gasteiger partial charge on any atom is 0.138 e. The zero-order chi connectivity index (χ0) is 21.3. The quantitative estimate of drug-likeness (QED) is 0.168. The van der Waals surface area contributed by atoms with Crippen LogP contribution >= 0.6 is 39.0 Å². The van der Waals surface area contributed by atoms with Gasteiger partial charge in [0.1, 0.15) is 16.1 Å². The Morgan fingerprint density at radius 1 is 1.00 bits per heavy atom. The topological polar surface area (TPSA) is 0 Å². The maximum atomic E-state index is 4.01. The summed E-state index contributed by atoms with van der Waals surface area (Å²) >= 11 is 7.98. The molecule has 27 heavy (non-hydrogen) atoms. The number of hydrogen-bond donors (Lipinski definition) is 0. The summed E-state index contributed by atoms with van der Waals surface area (Å²) in [7, 11) is -3.20. The van der Waals surface area contributed by atoms with Crippen LogP contribution < -0.4 is 4.50 Å². The van der Waals surface area contributed by atoms with E-state index in [1.165, 1.54) is 32.8 Å². The summed E-state index contributed by atoms with van der Waals surface area (Å²) in [6.07, 6.45) is 2.51. The van der Waals surface area contributed by atoms with Crippen molar-refractivity contribution >= 4 is 59.7 Å². The number of hydrogen-bond acceptors (Lipinski definition) is 2. The van der Waals surface area contributed by atoms with Crippen molar-refractivity contribution in [3.05, 3.63) is 9.35 Å². The number of thioether (sulfide) groups is 1. The van der Waals surface area contributed by atoms with Gasteiger partial charge in [-0.2, -0.15) is 0 Å². The molecule has 0 aliphatic rings. The van der Waals surface area contributed by atoms with E-state index in [4.69, 9.17) is 0 Å². The zero-order valence-corrected chi connectivity index (χ0v) is 24.5. The first-order valence-corrected chi connectivity index (χ1v) is 18.6. The molecule has 0 saturated carbocycles. The summed E-state index contributed by atoms with van der Waals surface area (Å²) in [6.45, 7) is 26.3. The highest BCUT2D eigenvalue weighted by molar-refractivity contribution is 9.10. The largest absolute Gasteiger partial charge is 0.138 e. The predicted molar refractivity (Wildman–Crippen MR) is 139 cm³/mol. The molecule has 0 aliphatic heterocycles. The molecule has 0 saturated heterocycles. The fraction of sp³-hybridized carbons (Fsp3) is 0.727. The van der Waals surface area contributed by atoms with Crippen molar-refractivity contribution in [1.82, 2.24) is 0 Å². The lowest BCUT2D eigenvalue weighted by molar-refractivity contribution is 0.730. The van der Waals surface area contributed by atoms with E-state index in [2.05, 4.69) is 102 Å². The minimum Gasteiger partial charge on any atom is -0.134 e. The minimum atomic E-state index is -1.61. The van der Waals surface area contributed by atoms with Gasteiger partial charge < -0.3 is 0 Å². The Balaban J connectivity index is 3.49. The Morgan fingerprint density at radius 3 is 2.00 bits per heavy atom. The van der Waals surface area contributed by atoms with Gasteiger partial charge in [-0.05, 0) is 38.2 Å². The fourth-order valence-corrected chi connectivity index (χ4v) is 11.2. The van der Waals surface area contributed by atoms with Crippen molar-refractivity contribution in [2.45, 2.75) is 102 Å². The van der Waals surface area contributed by atoms with Gasteiger partial charge in [-0.25, -0.2) is 0 Å². The summed E-state index contributed by atoms with van der Waals surface area (Å²) in [5, 5.41) is 0.627. The summed E-state index contributed by atoms with van der Waals surface area (Å²) in [5.41, 5.74) is 3.76. The van der Waals surface area contributed by atoms with Crippen LogP contribution in [0.1, 0.15) is 66.2 Å². The monoisotopic (exact) mass is 502 g/mol. The molecule has 0 spiro atoms. The molecule has 1 rings (SSSR count). The van der Waals surface area contributed by atoms with Gasteiger partial charge in [0.2, 0.25) is 0 Å². The second-order valence-electron chi connectivity index (χ2n) is 10.6. The van der Waals surface area contributed by atoms with Gasteiger partial charge in [-0.1, -0.05) is 87.0 Å². The molecule has 0 aliphatic carbocycles. The summed E-state index contributed by atoms with van der Waals surface area (Å²) < 4.78 is 2.92. The molecular weight excluding hydrogens is 464 g/mol. The normalized spacial score (nSPS) is 13.5. The molecule has 0 aromatic carbocycles. The van der Waals surface area contributed by atoms with E-state index in [-0.39, 0.29) is 0 Å². The van der Waals surface area contributed by atoms with Crippen LogP contribution in [-0.2, 0) is 0 Å². The van der Waals surface area contributed by atoms with E-state index >= 15 is 0 Å². The summed E-state index contributed by atoms with van der Waals surface area (Å²) in [5.74, 6) is 4.85. The lowest BCUT2D eigenvalue weighted by Gasteiger charge is -2.36. The van der Waals surface area contributed by atoms with Crippen molar-refractivity contribution in [1.29, 1.82) is 0 Å². The third-order valence-corrected chi connectivity index (χ3v) is 21.8. The van der Waals surface area contributed by atoms with Gasteiger partial charge in [-0.15, -0.1) is 28.6 Å². The highest BCUT2D eigenvalue weighted by Crippen LogP contribution is 2.43. The number of halogens is 1. The van der Waals surface area contributed by atoms with Gasteiger partial charge in [0.25, 0.3) is 0 Å². The maximum absolute atomic E-state index is 4.01. The average molecular weight is 504 g/mol. The Labute approximate surface area is 187 Å². The van der Waals surface area contributed by atoms with Crippen molar-refractivity contribution in [3.8, 4) is 11.5 Å². The first-order valence-electron chi connectivity index (χ1n) is 10.0. The second kappa shape index (κ2) is 9.12. The molecular formula is C22H39BrS2Si2. The van der Waals surface area contributed by atoms with Gasteiger partial charge in [0, 0.05) is 13.9 Å². The SMILES string of the molecule is CCCCSc1c(C#C[Si](C)(C)C(C)(C)C)sc([Si](C)(C)C(C)(C)C)c1Br. The highest BCUT2D eigenvalue weighted by Gasteiger charge is 2.41. The van der Waals surface area contributed by atoms with Gasteiger partial charge in [0.15, 0.2) is 0 Å².